The number of nitrogens with one attached hydrogen (secondary N) is 1. The minimum Gasteiger partial charge on any atom is -0.346 e. The molecule has 1 heterocycles. The molecule has 1 fully saturated rings. The van der Waals surface area contributed by atoms with E-state index in [9.17, 15) is 9.18 Å². The first kappa shape index (κ1) is 9.82. The van der Waals surface area contributed by atoms with Crippen LogP contribution in [-0.4, -0.2) is 11.4 Å². The highest BCUT2D eigenvalue weighted by Gasteiger charge is 2.39. The highest BCUT2D eigenvalue weighted by atomic mass is 19.1. The van der Waals surface area contributed by atoms with Crippen LogP contribution < -0.4 is 5.32 Å². The average molecular weight is 219 g/mol. The summed E-state index contributed by atoms with van der Waals surface area (Å²) < 4.78 is 13.1. The van der Waals surface area contributed by atoms with E-state index in [1.165, 1.54) is 25.0 Å². The Bertz CT molecular complexity index is 449. The fraction of sp³-hybridized carbons (Fsp3) is 0.462. The minimum atomic E-state index is -0.337. The zero-order chi connectivity index (χ0) is 11.2. The highest BCUT2D eigenvalue weighted by molar-refractivity contribution is 5.97. The summed E-state index contributed by atoms with van der Waals surface area (Å²) in [7, 11) is 0. The molecule has 1 saturated carbocycles. The largest absolute Gasteiger partial charge is 0.346 e. The van der Waals surface area contributed by atoms with Crippen molar-refractivity contribution in [2.45, 2.75) is 37.6 Å². The van der Waals surface area contributed by atoms with Crippen LogP contribution in [0.3, 0.4) is 0 Å². The molecule has 1 spiro atoms. The van der Waals surface area contributed by atoms with E-state index in [1.54, 1.807) is 6.07 Å². The Hall–Kier alpha value is -1.38. The summed E-state index contributed by atoms with van der Waals surface area (Å²) in [5.74, 6) is -0.445. The Morgan fingerprint density at radius 3 is 2.75 bits per heavy atom. The van der Waals surface area contributed by atoms with Gasteiger partial charge < -0.3 is 5.32 Å². The second-order valence-corrected chi connectivity index (χ2v) is 4.92. The lowest BCUT2D eigenvalue weighted by molar-refractivity contribution is 0.0880. The van der Waals surface area contributed by atoms with Gasteiger partial charge in [0.15, 0.2) is 0 Å². The topological polar surface area (TPSA) is 29.1 Å². The molecule has 2 nitrogen and oxygen atoms in total. The maximum Gasteiger partial charge on any atom is 0.252 e. The molecule has 1 aliphatic carbocycles. The van der Waals surface area contributed by atoms with Gasteiger partial charge in [-0.05, 0) is 37.0 Å². The first-order chi connectivity index (χ1) is 7.69. The van der Waals surface area contributed by atoms with Gasteiger partial charge in [0.2, 0.25) is 0 Å². The number of hydrogen-bond donors (Lipinski definition) is 1. The minimum absolute atomic E-state index is 0.0398. The molecule has 1 amide bonds. The van der Waals surface area contributed by atoms with E-state index >= 15 is 0 Å². The maximum atomic E-state index is 13.1. The van der Waals surface area contributed by atoms with Crippen LogP contribution in [0.2, 0.25) is 0 Å². The van der Waals surface area contributed by atoms with Crippen molar-refractivity contribution in [1.29, 1.82) is 0 Å². The lowest BCUT2D eigenvalue weighted by Gasteiger charge is -2.35. The van der Waals surface area contributed by atoms with E-state index < -0.39 is 0 Å². The van der Waals surface area contributed by atoms with Crippen molar-refractivity contribution < 1.29 is 9.18 Å². The maximum absolute atomic E-state index is 13.1. The van der Waals surface area contributed by atoms with Crippen LogP contribution in [0.1, 0.15) is 41.6 Å². The van der Waals surface area contributed by atoms with Crippen molar-refractivity contribution in [1.82, 2.24) is 5.32 Å². The molecule has 3 rings (SSSR count). The summed E-state index contributed by atoms with van der Waals surface area (Å²) in [5, 5.41) is 3.07. The molecular weight excluding hydrogens is 205 g/mol. The fourth-order valence-corrected chi connectivity index (χ4v) is 2.98. The quantitative estimate of drug-likeness (QED) is 0.713. The molecule has 1 N–H and O–H groups in total. The predicted molar refractivity (Wildman–Crippen MR) is 58.8 cm³/mol. The smallest absolute Gasteiger partial charge is 0.252 e. The van der Waals surface area contributed by atoms with Gasteiger partial charge in [-0.25, -0.2) is 4.39 Å². The third-order valence-electron chi connectivity index (χ3n) is 3.78. The second kappa shape index (κ2) is 3.30. The molecule has 0 saturated heterocycles. The van der Waals surface area contributed by atoms with Gasteiger partial charge in [0.25, 0.3) is 5.91 Å². The molecule has 1 aromatic carbocycles. The number of fused-ring (bicyclic) bond motifs is 1. The van der Waals surface area contributed by atoms with Crippen molar-refractivity contribution in [3.63, 3.8) is 0 Å². The molecule has 1 aromatic rings. The van der Waals surface area contributed by atoms with Crippen molar-refractivity contribution in [3.8, 4) is 0 Å². The lowest BCUT2D eigenvalue weighted by Crippen LogP contribution is -2.51. The van der Waals surface area contributed by atoms with Crippen LogP contribution in [-0.2, 0) is 6.42 Å². The van der Waals surface area contributed by atoms with Gasteiger partial charge in [-0.1, -0.05) is 18.9 Å². The van der Waals surface area contributed by atoms with Crippen LogP contribution in [0.5, 0.6) is 0 Å². The summed E-state index contributed by atoms with van der Waals surface area (Å²) >= 11 is 0. The zero-order valence-corrected chi connectivity index (χ0v) is 9.05. The van der Waals surface area contributed by atoms with E-state index in [4.69, 9.17) is 0 Å². The molecule has 2 aliphatic rings. The molecule has 84 valence electrons. The molecule has 3 heteroatoms. The number of hydrogen-bond acceptors (Lipinski definition) is 1. The van der Waals surface area contributed by atoms with Crippen LogP contribution in [0.4, 0.5) is 4.39 Å². The SMILES string of the molecule is O=C1NC2(CCCC2)Cc2ccc(F)cc21. The van der Waals surface area contributed by atoms with Gasteiger partial charge in [-0.2, -0.15) is 0 Å². The van der Waals surface area contributed by atoms with E-state index in [-0.39, 0.29) is 17.3 Å². The monoisotopic (exact) mass is 219 g/mol. The van der Waals surface area contributed by atoms with Gasteiger partial charge in [-0.15, -0.1) is 0 Å². The van der Waals surface area contributed by atoms with Crippen LogP contribution in [0.15, 0.2) is 18.2 Å². The van der Waals surface area contributed by atoms with E-state index in [0.29, 0.717) is 5.56 Å². The van der Waals surface area contributed by atoms with Gasteiger partial charge >= 0.3 is 0 Å². The summed E-state index contributed by atoms with van der Waals surface area (Å²) in [4.78, 5) is 11.9. The Morgan fingerprint density at radius 1 is 1.25 bits per heavy atom. The number of halogens is 1. The first-order valence-electron chi connectivity index (χ1n) is 5.80. The van der Waals surface area contributed by atoms with Gasteiger partial charge in [0.05, 0.1) is 0 Å². The van der Waals surface area contributed by atoms with Crippen LogP contribution in [0, 0.1) is 5.82 Å². The van der Waals surface area contributed by atoms with Gasteiger partial charge in [0, 0.05) is 11.1 Å². The number of benzene rings is 1. The molecule has 0 aromatic heterocycles. The molecule has 0 radical (unpaired) electrons. The van der Waals surface area contributed by atoms with Crippen LogP contribution in [0.25, 0.3) is 0 Å². The van der Waals surface area contributed by atoms with Crippen molar-refractivity contribution in [3.05, 3.63) is 35.1 Å². The normalized spacial score (nSPS) is 21.9. The number of amides is 1. The Balaban J connectivity index is 2.02. The van der Waals surface area contributed by atoms with E-state index in [0.717, 1.165) is 24.8 Å². The highest BCUT2D eigenvalue weighted by Crippen LogP contribution is 2.36. The molecule has 0 unspecified atom stereocenters. The third kappa shape index (κ3) is 1.42. The van der Waals surface area contributed by atoms with Crippen molar-refractivity contribution in [2.24, 2.45) is 0 Å². The van der Waals surface area contributed by atoms with Gasteiger partial charge in [0.1, 0.15) is 5.82 Å². The standard InChI is InChI=1S/C13H14FNO/c14-10-4-3-9-8-13(5-1-2-6-13)15-12(16)11(9)7-10/h3-4,7H,1-2,5-6,8H2,(H,15,16). The third-order valence-corrected chi connectivity index (χ3v) is 3.78. The summed E-state index contributed by atoms with van der Waals surface area (Å²) in [5.41, 5.74) is 1.46. The summed E-state index contributed by atoms with van der Waals surface area (Å²) in [6, 6.07) is 4.54. The predicted octanol–water partition coefficient (Wildman–Crippen LogP) is 2.42. The van der Waals surface area contributed by atoms with Crippen molar-refractivity contribution in [2.75, 3.05) is 0 Å². The Kier molecular flexibility index (Phi) is 2.03. The molecular formula is C13H14FNO. The lowest BCUT2D eigenvalue weighted by atomic mass is 9.83. The number of rotatable bonds is 0. The Labute approximate surface area is 93.9 Å². The molecule has 0 atom stereocenters. The van der Waals surface area contributed by atoms with Crippen molar-refractivity contribution >= 4 is 5.91 Å². The van der Waals surface area contributed by atoms with Crippen LogP contribution >= 0.6 is 0 Å². The van der Waals surface area contributed by atoms with E-state index in [1.807, 2.05) is 0 Å². The van der Waals surface area contributed by atoms with E-state index in [2.05, 4.69) is 5.32 Å². The first-order valence-corrected chi connectivity index (χ1v) is 5.80. The number of carbonyl (C=O) groups is 1. The van der Waals surface area contributed by atoms with Gasteiger partial charge in [-0.3, -0.25) is 4.79 Å². The average Bonchev–Trinajstić information content (AvgIpc) is 2.68. The number of carbonyl (C=O) groups excluding carboxylic acids is 1. The summed E-state index contributed by atoms with van der Waals surface area (Å²) in [6.07, 6.45) is 5.31. The molecule has 16 heavy (non-hydrogen) atoms. The zero-order valence-electron chi connectivity index (χ0n) is 9.05. The molecule has 1 aliphatic heterocycles. The Morgan fingerprint density at radius 2 is 2.00 bits per heavy atom. The second-order valence-electron chi connectivity index (χ2n) is 4.92. The summed E-state index contributed by atoms with van der Waals surface area (Å²) in [6.45, 7) is 0. The molecule has 0 bridgehead atoms. The fourth-order valence-electron chi connectivity index (χ4n) is 2.98.